The van der Waals surface area contributed by atoms with E-state index in [0.717, 1.165) is 12.0 Å². The van der Waals surface area contributed by atoms with Crippen molar-refractivity contribution in [3.05, 3.63) is 50.9 Å². The summed E-state index contributed by atoms with van der Waals surface area (Å²) in [4.78, 5) is 28.5. The Morgan fingerprint density at radius 2 is 2.18 bits per heavy atom. The zero-order valence-corrected chi connectivity index (χ0v) is 13.4. The first kappa shape index (κ1) is 15.0. The van der Waals surface area contributed by atoms with Crippen molar-refractivity contribution >= 4 is 34.8 Å². The van der Waals surface area contributed by atoms with E-state index in [9.17, 15) is 9.59 Å². The van der Waals surface area contributed by atoms with Gasteiger partial charge in [0.2, 0.25) is 5.91 Å². The Kier molecular flexibility index (Phi) is 4.13. The second-order valence-electron chi connectivity index (χ2n) is 5.21. The standard InChI is InChI=1S/C15H14ClN3O2S/c1-8-13(22-7-17-8)15(21)19-18-14(20)12-6-11(12)9-3-2-4-10(16)5-9/h2-5,7,11-12H,6H2,1H3,(H,18,20)(H,19,21)/t11-,12+/m0/s1. The summed E-state index contributed by atoms with van der Waals surface area (Å²) < 4.78 is 0. The van der Waals surface area contributed by atoms with Crippen LogP contribution in [-0.2, 0) is 4.79 Å². The number of nitrogens with zero attached hydrogens (tertiary/aromatic N) is 1. The molecular weight excluding hydrogens is 322 g/mol. The van der Waals surface area contributed by atoms with Crippen LogP contribution in [0.2, 0.25) is 5.02 Å². The van der Waals surface area contributed by atoms with Gasteiger partial charge in [-0.25, -0.2) is 4.98 Å². The van der Waals surface area contributed by atoms with Gasteiger partial charge in [-0.1, -0.05) is 23.7 Å². The molecule has 1 aliphatic rings. The van der Waals surface area contributed by atoms with Crippen molar-refractivity contribution in [2.45, 2.75) is 19.3 Å². The van der Waals surface area contributed by atoms with Crippen LogP contribution in [0, 0.1) is 12.8 Å². The molecule has 1 fully saturated rings. The molecule has 1 heterocycles. The summed E-state index contributed by atoms with van der Waals surface area (Å²) in [5.41, 5.74) is 8.22. The predicted molar refractivity (Wildman–Crippen MR) is 84.8 cm³/mol. The van der Waals surface area contributed by atoms with Gasteiger partial charge in [0.05, 0.1) is 11.2 Å². The second kappa shape index (κ2) is 6.06. The van der Waals surface area contributed by atoms with Crippen LogP contribution in [0.1, 0.15) is 33.3 Å². The summed E-state index contributed by atoms with van der Waals surface area (Å²) >= 11 is 7.20. The zero-order valence-electron chi connectivity index (χ0n) is 11.8. The van der Waals surface area contributed by atoms with E-state index in [1.807, 2.05) is 18.2 Å². The van der Waals surface area contributed by atoms with Crippen LogP contribution in [0.25, 0.3) is 0 Å². The number of aromatic nitrogens is 1. The molecule has 0 radical (unpaired) electrons. The highest BCUT2D eigenvalue weighted by atomic mass is 35.5. The van der Waals surface area contributed by atoms with Gasteiger partial charge in [0.1, 0.15) is 4.88 Å². The fourth-order valence-corrected chi connectivity index (χ4v) is 3.27. The molecule has 114 valence electrons. The fraction of sp³-hybridized carbons (Fsp3) is 0.267. The molecule has 0 unspecified atom stereocenters. The van der Waals surface area contributed by atoms with Crippen LogP contribution < -0.4 is 10.9 Å². The maximum atomic E-state index is 12.1. The van der Waals surface area contributed by atoms with Crippen molar-refractivity contribution < 1.29 is 9.59 Å². The topological polar surface area (TPSA) is 71.1 Å². The number of thiazole rings is 1. The molecule has 0 aliphatic heterocycles. The number of hydrogen-bond donors (Lipinski definition) is 2. The van der Waals surface area contributed by atoms with E-state index < -0.39 is 0 Å². The molecule has 7 heteroatoms. The molecule has 22 heavy (non-hydrogen) atoms. The number of carbonyl (C=O) groups excluding carboxylic acids is 2. The normalized spacial score (nSPS) is 19.5. The van der Waals surface area contributed by atoms with Crippen LogP contribution >= 0.6 is 22.9 Å². The van der Waals surface area contributed by atoms with E-state index in [4.69, 9.17) is 11.6 Å². The van der Waals surface area contributed by atoms with E-state index in [-0.39, 0.29) is 23.7 Å². The molecule has 0 spiro atoms. The maximum Gasteiger partial charge on any atom is 0.281 e. The van der Waals surface area contributed by atoms with Crippen LogP contribution in [0.5, 0.6) is 0 Å². The molecule has 3 rings (SSSR count). The van der Waals surface area contributed by atoms with E-state index in [1.54, 1.807) is 18.5 Å². The van der Waals surface area contributed by atoms with Gasteiger partial charge in [-0.15, -0.1) is 11.3 Å². The van der Waals surface area contributed by atoms with Gasteiger partial charge in [-0.3, -0.25) is 20.4 Å². The van der Waals surface area contributed by atoms with E-state index in [2.05, 4.69) is 15.8 Å². The van der Waals surface area contributed by atoms with Gasteiger partial charge >= 0.3 is 0 Å². The van der Waals surface area contributed by atoms with Crippen LogP contribution in [-0.4, -0.2) is 16.8 Å². The minimum atomic E-state index is -0.340. The van der Waals surface area contributed by atoms with E-state index in [0.29, 0.717) is 15.6 Å². The Balaban J connectivity index is 1.54. The number of carbonyl (C=O) groups is 2. The summed E-state index contributed by atoms with van der Waals surface area (Å²) in [7, 11) is 0. The molecule has 2 aromatic rings. The molecule has 2 N–H and O–H groups in total. The number of benzene rings is 1. The minimum absolute atomic E-state index is 0.124. The maximum absolute atomic E-state index is 12.1. The van der Waals surface area contributed by atoms with Crippen molar-refractivity contribution in [2.75, 3.05) is 0 Å². The Labute approximate surface area is 136 Å². The molecule has 0 saturated heterocycles. The predicted octanol–water partition coefficient (Wildman–Crippen LogP) is 2.67. The van der Waals surface area contributed by atoms with Crippen molar-refractivity contribution in [1.82, 2.24) is 15.8 Å². The smallest absolute Gasteiger partial charge is 0.273 e. The van der Waals surface area contributed by atoms with Gasteiger partial charge < -0.3 is 0 Å². The molecule has 5 nitrogen and oxygen atoms in total. The average Bonchev–Trinajstić information content (AvgIpc) is 3.19. The van der Waals surface area contributed by atoms with Crippen molar-refractivity contribution in [2.24, 2.45) is 5.92 Å². The van der Waals surface area contributed by atoms with Crippen molar-refractivity contribution in [1.29, 1.82) is 0 Å². The first-order valence-electron chi connectivity index (χ1n) is 6.82. The lowest BCUT2D eigenvalue weighted by Gasteiger charge is -2.06. The molecule has 1 saturated carbocycles. The Hall–Kier alpha value is -1.92. The highest BCUT2D eigenvalue weighted by Gasteiger charge is 2.44. The first-order chi connectivity index (χ1) is 10.6. The van der Waals surface area contributed by atoms with Gasteiger partial charge in [-0.2, -0.15) is 0 Å². The molecular formula is C15H14ClN3O2S. The Bertz CT molecular complexity index is 731. The number of hydrazine groups is 1. The van der Waals surface area contributed by atoms with Gasteiger partial charge in [-0.05, 0) is 37.0 Å². The van der Waals surface area contributed by atoms with E-state index >= 15 is 0 Å². The first-order valence-corrected chi connectivity index (χ1v) is 8.08. The molecule has 1 aliphatic carbocycles. The highest BCUT2D eigenvalue weighted by molar-refractivity contribution is 7.11. The summed E-state index contributed by atoms with van der Waals surface area (Å²) in [6.07, 6.45) is 0.766. The van der Waals surface area contributed by atoms with Crippen molar-refractivity contribution in [3.8, 4) is 0 Å². The number of amides is 2. The lowest BCUT2D eigenvalue weighted by Crippen LogP contribution is -2.42. The molecule has 0 bridgehead atoms. The van der Waals surface area contributed by atoms with E-state index in [1.165, 1.54) is 11.3 Å². The largest absolute Gasteiger partial charge is 0.281 e. The minimum Gasteiger partial charge on any atom is -0.273 e. The second-order valence-corrected chi connectivity index (χ2v) is 6.51. The molecule has 1 aromatic heterocycles. The summed E-state index contributed by atoms with van der Waals surface area (Å²) in [5, 5.41) is 0.664. The monoisotopic (exact) mass is 335 g/mol. The van der Waals surface area contributed by atoms with Crippen molar-refractivity contribution in [3.63, 3.8) is 0 Å². The van der Waals surface area contributed by atoms with Gasteiger partial charge in [0, 0.05) is 10.9 Å². The molecule has 2 amide bonds. The van der Waals surface area contributed by atoms with Crippen LogP contribution in [0.3, 0.4) is 0 Å². The molecule has 2 atom stereocenters. The Morgan fingerprint density at radius 3 is 2.86 bits per heavy atom. The van der Waals surface area contributed by atoms with Gasteiger partial charge in [0.25, 0.3) is 5.91 Å². The summed E-state index contributed by atoms with van der Waals surface area (Å²) in [6.45, 7) is 1.75. The highest BCUT2D eigenvalue weighted by Crippen LogP contribution is 2.47. The van der Waals surface area contributed by atoms with Crippen LogP contribution in [0.4, 0.5) is 0 Å². The summed E-state index contributed by atoms with van der Waals surface area (Å²) in [6, 6.07) is 7.52. The lowest BCUT2D eigenvalue weighted by atomic mass is 10.1. The lowest BCUT2D eigenvalue weighted by molar-refractivity contribution is -0.123. The third-order valence-electron chi connectivity index (χ3n) is 3.66. The SMILES string of the molecule is Cc1ncsc1C(=O)NNC(=O)[C@@H]1C[C@H]1c1cccc(Cl)c1. The number of halogens is 1. The zero-order chi connectivity index (χ0) is 15.7. The number of aryl methyl sites for hydroxylation is 1. The molecule has 1 aromatic carbocycles. The third kappa shape index (κ3) is 3.13. The fourth-order valence-electron chi connectivity index (χ4n) is 2.38. The Morgan fingerprint density at radius 1 is 1.36 bits per heavy atom. The van der Waals surface area contributed by atoms with Gasteiger partial charge in [0.15, 0.2) is 0 Å². The number of rotatable bonds is 3. The quantitative estimate of drug-likeness (QED) is 0.847. The average molecular weight is 336 g/mol. The summed E-state index contributed by atoms with van der Waals surface area (Å²) in [5.74, 6) is -0.476. The third-order valence-corrected chi connectivity index (χ3v) is 4.82. The number of nitrogens with one attached hydrogen (secondary N) is 2. The number of hydrogen-bond acceptors (Lipinski definition) is 4. The van der Waals surface area contributed by atoms with Crippen LogP contribution in [0.15, 0.2) is 29.8 Å².